The standard InChI is InChI=1S/C8H14O2S2.C3H6.C2H6/c9-8(10)4-2-1-3-7-5-6-11-12-7;1-3-2;1-2/h7H,1-6H2,(H,9,10);3H,1H2,2H3;1-2H3/t7-;;/m1../s1. The molecule has 4 heteroatoms. The Morgan fingerprint density at radius 2 is 2.06 bits per heavy atom. The third-order valence-electron chi connectivity index (χ3n) is 1.89. The number of carboxylic acid groups (broad SMARTS) is 1. The molecule has 1 N–H and O–H groups in total. The van der Waals surface area contributed by atoms with Gasteiger partial charge in [-0.25, -0.2) is 0 Å². The van der Waals surface area contributed by atoms with Crippen LogP contribution >= 0.6 is 21.6 Å². The number of aliphatic carboxylic acids is 1. The Labute approximate surface area is 114 Å². The van der Waals surface area contributed by atoms with Gasteiger partial charge in [0.05, 0.1) is 0 Å². The number of hydrogen-bond donors (Lipinski definition) is 1. The van der Waals surface area contributed by atoms with Crippen LogP contribution in [0.25, 0.3) is 0 Å². The van der Waals surface area contributed by atoms with Gasteiger partial charge >= 0.3 is 5.97 Å². The predicted molar refractivity (Wildman–Crippen MR) is 81.8 cm³/mol. The SMILES string of the molecule is C=CC.CC.O=C(O)CCCC[C@@H]1CCSS1. The molecule has 102 valence electrons. The van der Waals surface area contributed by atoms with Crippen molar-refractivity contribution in [1.29, 1.82) is 0 Å². The first-order valence-electron chi connectivity index (χ1n) is 6.27. The molecule has 0 aromatic carbocycles. The molecule has 2 nitrogen and oxygen atoms in total. The van der Waals surface area contributed by atoms with Crippen LogP contribution in [0.15, 0.2) is 12.7 Å². The number of hydrogen-bond acceptors (Lipinski definition) is 3. The maximum atomic E-state index is 10.2. The molecule has 0 radical (unpaired) electrons. The lowest BCUT2D eigenvalue weighted by Crippen LogP contribution is -1.99. The molecule has 1 fully saturated rings. The van der Waals surface area contributed by atoms with Crippen molar-refractivity contribution in [3.63, 3.8) is 0 Å². The highest BCUT2D eigenvalue weighted by Gasteiger charge is 2.15. The average Bonchev–Trinajstić information content (AvgIpc) is 2.81. The fraction of sp³-hybridized carbons (Fsp3) is 0.769. The van der Waals surface area contributed by atoms with Crippen LogP contribution in [0, 0.1) is 0 Å². The van der Waals surface area contributed by atoms with E-state index in [-0.39, 0.29) is 0 Å². The average molecular weight is 278 g/mol. The van der Waals surface area contributed by atoms with Crippen molar-refractivity contribution in [1.82, 2.24) is 0 Å². The van der Waals surface area contributed by atoms with Crippen molar-refractivity contribution in [2.75, 3.05) is 5.75 Å². The van der Waals surface area contributed by atoms with Gasteiger partial charge < -0.3 is 5.11 Å². The van der Waals surface area contributed by atoms with Crippen molar-refractivity contribution in [3.8, 4) is 0 Å². The first-order valence-corrected chi connectivity index (χ1v) is 8.66. The molecule has 0 aromatic heterocycles. The van der Waals surface area contributed by atoms with Crippen LogP contribution in [-0.4, -0.2) is 22.1 Å². The van der Waals surface area contributed by atoms with Gasteiger partial charge in [0.1, 0.15) is 0 Å². The molecule has 1 atom stereocenters. The third-order valence-corrected chi connectivity index (χ3v) is 4.90. The quantitative estimate of drug-likeness (QED) is 0.436. The number of allylic oxidation sites excluding steroid dienone is 1. The zero-order valence-corrected chi connectivity index (χ0v) is 12.9. The second-order valence-electron chi connectivity index (χ2n) is 3.38. The normalized spacial score (nSPS) is 17.2. The first kappa shape index (κ1) is 19.3. The summed E-state index contributed by atoms with van der Waals surface area (Å²) < 4.78 is 0. The van der Waals surface area contributed by atoms with Crippen LogP contribution < -0.4 is 0 Å². The van der Waals surface area contributed by atoms with E-state index in [9.17, 15) is 4.79 Å². The Balaban J connectivity index is 0. The van der Waals surface area contributed by atoms with Crippen LogP contribution in [0.5, 0.6) is 0 Å². The smallest absolute Gasteiger partial charge is 0.303 e. The van der Waals surface area contributed by atoms with Gasteiger partial charge in [0.25, 0.3) is 0 Å². The molecular weight excluding hydrogens is 252 g/mol. The van der Waals surface area contributed by atoms with Gasteiger partial charge in [-0.3, -0.25) is 4.79 Å². The fourth-order valence-corrected chi connectivity index (χ4v) is 4.24. The van der Waals surface area contributed by atoms with Crippen LogP contribution in [-0.2, 0) is 4.79 Å². The van der Waals surface area contributed by atoms with Crippen LogP contribution in [0.2, 0.25) is 0 Å². The molecule has 0 unspecified atom stereocenters. The molecule has 1 aliphatic rings. The van der Waals surface area contributed by atoms with Gasteiger partial charge in [-0.2, -0.15) is 0 Å². The third kappa shape index (κ3) is 15.9. The molecule has 1 saturated heterocycles. The monoisotopic (exact) mass is 278 g/mol. The van der Waals surface area contributed by atoms with Crippen molar-refractivity contribution in [2.45, 2.75) is 58.1 Å². The van der Waals surface area contributed by atoms with Crippen molar-refractivity contribution in [3.05, 3.63) is 12.7 Å². The van der Waals surface area contributed by atoms with Crippen LogP contribution in [0.1, 0.15) is 52.9 Å². The van der Waals surface area contributed by atoms with E-state index >= 15 is 0 Å². The minimum atomic E-state index is -0.663. The van der Waals surface area contributed by atoms with Gasteiger partial charge in [0.2, 0.25) is 0 Å². The lowest BCUT2D eigenvalue weighted by Gasteiger charge is -2.04. The van der Waals surface area contributed by atoms with Crippen LogP contribution in [0.3, 0.4) is 0 Å². The molecule has 0 aliphatic carbocycles. The molecule has 0 spiro atoms. The Kier molecular flexibility index (Phi) is 18.0. The molecule has 1 aliphatic heterocycles. The van der Waals surface area contributed by atoms with Crippen molar-refractivity contribution < 1.29 is 9.90 Å². The first-order chi connectivity index (χ1) is 8.20. The lowest BCUT2D eigenvalue weighted by molar-refractivity contribution is -0.137. The van der Waals surface area contributed by atoms with Gasteiger partial charge in [-0.05, 0) is 26.2 Å². The van der Waals surface area contributed by atoms with Gasteiger partial charge in [0.15, 0.2) is 0 Å². The summed E-state index contributed by atoms with van der Waals surface area (Å²) in [4.78, 5) is 10.2. The zero-order valence-electron chi connectivity index (χ0n) is 11.3. The highest BCUT2D eigenvalue weighted by Crippen LogP contribution is 2.39. The minimum absolute atomic E-state index is 0.338. The lowest BCUT2D eigenvalue weighted by atomic mass is 10.1. The number of rotatable bonds is 5. The number of carbonyl (C=O) groups is 1. The molecule has 0 saturated carbocycles. The summed E-state index contributed by atoms with van der Waals surface area (Å²) in [5, 5.41) is 9.19. The van der Waals surface area contributed by atoms with Gasteiger partial charge in [-0.15, -0.1) is 6.58 Å². The van der Waals surface area contributed by atoms with E-state index < -0.39 is 5.97 Å². The predicted octanol–water partition coefficient (Wildman–Crippen LogP) is 5.00. The zero-order chi connectivity index (χ0) is 13.5. The van der Waals surface area contributed by atoms with E-state index in [1.54, 1.807) is 6.08 Å². The Bertz CT molecular complexity index is 178. The molecule has 0 amide bonds. The van der Waals surface area contributed by atoms with E-state index in [1.807, 2.05) is 42.4 Å². The maximum absolute atomic E-state index is 10.2. The van der Waals surface area contributed by atoms with Crippen LogP contribution in [0.4, 0.5) is 0 Å². The summed E-state index contributed by atoms with van der Waals surface area (Å²) in [5.41, 5.74) is 0. The van der Waals surface area contributed by atoms with E-state index in [2.05, 4.69) is 6.58 Å². The topological polar surface area (TPSA) is 37.3 Å². The highest BCUT2D eigenvalue weighted by atomic mass is 33.1. The second-order valence-corrected chi connectivity index (χ2v) is 6.16. The van der Waals surface area contributed by atoms with E-state index in [0.717, 1.165) is 18.1 Å². The fourth-order valence-electron chi connectivity index (χ4n) is 1.21. The van der Waals surface area contributed by atoms with Crippen molar-refractivity contribution >= 4 is 27.6 Å². The van der Waals surface area contributed by atoms with E-state index in [1.165, 1.54) is 18.6 Å². The summed E-state index contributed by atoms with van der Waals surface area (Å²) in [7, 11) is 3.92. The number of carboxylic acids is 1. The Morgan fingerprint density at radius 3 is 2.47 bits per heavy atom. The Hall–Kier alpha value is -0.0900. The van der Waals surface area contributed by atoms with Gasteiger partial charge in [-0.1, -0.05) is 47.9 Å². The molecule has 0 bridgehead atoms. The highest BCUT2D eigenvalue weighted by molar-refractivity contribution is 8.77. The molecule has 1 rings (SSSR count). The summed E-state index contributed by atoms with van der Waals surface area (Å²) >= 11 is 0. The van der Waals surface area contributed by atoms with E-state index in [4.69, 9.17) is 5.11 Å². The van der Waals surface area contributed by atoms with Gasteiger partial charge in [0, 0.05) is 17.4 Å². The molecule has 0 aromatic rings. The second kappa shape index (κ2) is 15.9. The Morgan fingerprint density at radius 1 is 1.47 bits per heavy atom. The summed E-state index contributed by atoms with van der Waals surface area (Å²) in [5.74, 6) is 0.609. The summed E-state index contributed by atoms with van der Waals surface area (Å²) in [6, 6.07) is 0. The van der Waals surface area contributed by atoms with Crippen molar-refractivity contribution in [2.24, 2.45) is 0 Å². The van der Waals surface area contributed by atoms with E-state index in [0.29, 0.717) is 6.42 Å². The largest absolute Gasteiger partial charge is 0.481 e. The maximum Gasteiger partial charge on any atom is 0.303 e. The molecule has 17 heavy (non-hydrogen) atoms. The minimum Gasteiger partial charge on any atom is -0.481 e. The number of unbranched alkanes of at least 4 members (excludes halogenated alkanes) is 1. The molecular formula is C13H26O2S2. The summed E-state index contributed by atoms with van der Waals surface area (Å²) in [6.45, 7) is 9.25. The summed E-state index contributed by atoms with van der Waals surface area (Å²) in [6.07, 6.45) is 6.51. The molecule has 1 heterocycles.